The van der Waals surface area contributed by atoms with E-state index in [-0.39, 0.29) is 16.6 Å². The molecule has 0 unspecified atom stereocenters. The number of rotatable bonds is 7. The van der Waals surface area contributed by atoms with Gasteiger partial charge in [0, 0.05) is 5.56 Å². The first-order valence-electron chi connectivity index (χ1n) is 6.65. The largest absolute Gasteiger partial charge is 0.494 e. The molecule has 0 saturated carbocycles. The highest BCUT2D eigenvalue weighted by Gasteiger charge is 2.09. The van der Waals surface area contributed by atoms with Crippen LogP contribution in [-0.2, 0) is 4.79 Å². The van der Waals surface area contributed by atoms with Crippen LogP contribution in [0.1, 0.15) is 13.3 Å². The second kappa shape index (κ2) is 7.60. The maximum atomic E-state index is 12.0. The lowest BCUT2D eigenvalue weighted by Crippen LogP contribution is -2.14. The molecular weight excluding hydrogens is 306 g/mol. The smallest absolute Gasteiger partial charge is 0.313 e. The van der Waals surface area contributed by atoms with E-state index in [1.54, 1.807) is 24.3 Å². The number of carboxylic acid groups (broad SMARTS) is 1. The normalized spacial score (nSPS) is 10.4. The van der Waals surface area contributed by atoms with Crippen LogP contribution in [0, 0.1) is 0 Å². The summed E-state index contributed by atoms with van der Waals surface area (Å²) in [5.41, 5.74) is 0.388. The van der Waals surface area contributed by atoms with E-state index < -0.39 is 11.5 Å². The lowest BCUT2D eigenvalue weighted by molar-refractivity contribution is -0.133. The Hall–Kier alpha value is -2.35. The molecule has 0 spiro atoms. The van der Waals surface area contributed by atoms with E-state index in [2.05, 4.69) is 15.2 Å². The maximum Gasteiger partial charge on any atom is 0.313 e. The summed E-state index contributed by atoms with van der Waals surface area (Å²) in [7, 11) is 0. The molecule has 0 fully saturated rings. The fraction of sp³-hybridized carbons (Fsp3) is 0.286. The van der Waals surface area contributed by atoms with E-state index in [1.807, 2.05) is 6.92 Å². The van der Waals surface area contributed by atoms with Crippen molar-refractivity contribution in [2.45, 2.75) is 18.5 Å². The highest BCUT2D eigenvalue weighted by atomic mass is 32.2. The maximum absolute atomic E-state index is 12.0. The molecular formula is C14H15N3O4S. The molecule has 1 aromatic heterocycles. The van der Waals surface area contributed by atoms with Gasteiger partial charge in [0.1, 0.15) is 5.75 Å². The number of aliphatic carboxylic acids is 1. The number of ether oxygens (including phenoxy) is 1. The molecule has 8 heteroatoms. The van der Waals surface area contributed by atoms with E-state index in [4.69, 9.17) is 9.84 Å². The minimum atomic E-state index is -0.987. The molecule has 1 aromatic carbocycles. The Balaban J connectivity index is 2.15. The molecule has 0 aliphatic rings. The first kappa shape index (κ1) is 16.0. The number of carbonyl (C=O) groups is 1. The van der Waals surface area contributed by atoms with Gasteiger partial charge in [-0.2, -0.15) is 0 Å². The van der Waals surface area contributed by atoms with Gasteiger partial charge in [0.25, 0.3) is 5.56 Å². The monoisotopic (exact) mass is 321 g/mol. The Kier molecular flexibility index (Phi) is 5.54. The average Bonchev–Trinajstić information content (AvgIpc) is 2.52. The van der Waals surface area contributed by atoms with Crippen LogP contribution in [0.4, 0.5) is 0 Å². The summed E-state index contributed by atoms with van der Waals surface area (Å²) < 4.78 is 5.47. The molecule has 1 heterocycles. The van der Waals surface area contributed by atoms with Gasteiger partial charge in [-0.3, -0.25) is 14.6 Å². The minimum Gasteiger partial charge on any atom is -0.494 e. The molecule has 7 nitrogen and oxygen atoms in total. The number of H-pyrrole nitrogens is 1. The molecule has 22 heavy (non-hydrogen) atoms. The Morgan fingerprint density at radius 3 is 2.64 bits per heavy atom. The van der Waals surface area contributed by atoms with E-state index in [0.717, 1.165) is 23.9 Å². The third kappa shape index (κ3) is 4.32. The Bertz CT molecular complexity index is 700. The lowest BCUT2D eigenvalue weighted by atomic mass is 10.1. The van der Waals surface area contributed by atoms with Crippen LogP contribution in [0.3, 0.4) is 0 Å². The highest BCUT2D eigenvalue weighted by molar-refractivity contribution is 7.99. The van der Waals surface area contributed by atoms with Crippen molar-refractivity contribution in [2.24, 2.45) is 0 Å². The summed E-state index contributed by atoms with van der Waals surface area (Å²) in [5, 5.41) is 16.5. The fourth-order valence-corrected chi connectivity index (χ4v) is 2.16. The predicted molar refractivity (Wildman–Crippen MR) is 82.2 cm³/mol. The number of nitrogens with one attached hydrogen (secondary N) is 1. The van der Waals surface area contributed by atoms with Crippen molar-refractivity contribution in [1.82, 2.24) is 15.2 Å². The Morgan fingerprint density at radius 2 is 2.05 bits per heavy atom. The van der Waals surface area contributed by atoms with Crippen LogP contribution in [0.5, 0.6) is 5.75 Å². The van der Waals surface area contributed by atoms with Crippen LogP contribution < -0.4 is 10.3 Å². The molecule has 0 bridgehead atoms. The van der Waals surface area contributed by atoms with Crippen molar-refractivity contribution in [3.8, 4) is 17.0 Å². The number of hydrogen-bond donors (Lipinski definition) is 2. The molecule has 0 aliphatic carbocycles. The molecule has 0 aliphatic heterocycles. The number of benzene rings is 1. The SMILES string of the molecule is CCCOc1ccc(-c2nnc(SCC(=O)O)[nH]c2=O)cc1. The van der Waals surface area contributed by atoms with Crippen molar-refractivity contribution >= 4 is 17.7 Å². The number of carboxylic acids is 1. The lowest BCUT2D eigenvalue weighted by Gasteiger charge is -2.05. The van der Waals surface area contributed by atoms with Crippen molar-refractivity contribution < 1.29 is 14.6 Å². The molecule has 2 N–H and O–H groups in total. The zero-order valence-corrected chi connectivity index (χ0v) is 12.7. The standard InChI is InChI=1S/C14H15N3O4S/c1-2-7-21-10-5-3-9(4-6-10)12-13(20)15-14(17-16-12)22-8-11(18)19/h3-6H,2,7-8H2,1H3,(H,18,19)(H,15,17,20). The van der Waals surface area contributed by atoms with Crippen LogP contribution >= 0.6 is 11.8 Å². The molecule has 2 rings (SSSR count). The summed E-state index contributed by atoms with van der Waals surface area (Å²) in [6.07, 6.45) is 0.919. The van der Waals surface area contributed by atoms with Gasteiger partial charge in [0.2, 0.25) is 0 Å². The number of thioether (sulfide) groups is 1. The molecule has 0 amide bonds. The van der Waals surface area contributed by atoms with E-state index in [0.29, 0.717) is 12.2 Å². The van der Waals surface area contributed by atoms with Crippen LogP contribution in [0.15, 0.2) is 34.2 Å². The second-order valence-corrected chi connectivity index (χ2v) is 5.33. The quantitative estimate of drug-likeness (QED) is 0.749. The Labute approximate surface area is 130 Å². The van der Waals surface area contributed by atoms with Gasteiger partial charge in [0.15, 0.2) is 10.9 Å². The van der Waals surface area contributed by atoms with E-state index in [1.165, 1.54) is 0 Å². The van der Waals surface area contributed by atoms with E-state index in [9.17, 15) is 9.59 Å². The zero-order valence-electron chi connectivity index (χ0n) is 11.9. The van der Waals surface area contributed by atoms with Gasteiger partial charge in [-0.1, -0.05) is 18.7 Å². The topological polar surface area (TPSA) is 105 Å². The molecule has 2 aromatic rings. The molecule has 0 atom stereocenters. The van der Waals surface area contributed by atoms with E-state index >= 15 is 0 Å². The number of aromatic nitrogens is 3. The zero-order chi connectivity index (χ0) is 15.9. The van der Waals surface area contributed by atoms with Crippen molar-refractivity contribution in [1.29, 1.82) is 0 Å². The summed E-state index contributed by atoms with van der Waals surface area (Å²) in [5.74, 6) is -0.448. The van der Waals surface area contributed by atoms with Gasteiger partial charge >= 0.3 is 5.97 Å². The number of aromatic amines is 1. The highest BCUT2D eigenvalue weighted by Crippen LogP contribution is 2.18. The van der Waals surface area contributed by atoms with Gasteiger partial charge in [0.05, 0.1) is 12.4 Å². The van der Waals surface area contributed by atoms with Gasteiger partial charge in [-0.15, -0.1) is 10.2 Å². The van der Waals surface area contributed by atoms with Crippen molar-refractivity contribution in [3.63, 3.8) is 0 Å². The Morgan fingerprint density at radius 1 is 1.32 bits per heavy atom. The van der Waals surface area contributed by atoms with Gasteiger partial charge in [-0.05, 0) is 30.7 Å². The summed E-state index contributed by atoms with van der Waals surface area (Å²) in [6, 6.07) is 6.99. The van der Waals surface area contributed by atoms with Crippen LogP contribution in [0.2, 0.25) is 0 Å². The van der Waals surface area contributed by atoms with Gasteiger partial charge in [-0.25, -0.2) is 0 Å². The van der Waals surface area contributed by atoms with Gasteiger partial charge < -0.3 is 9.84 Å². The summed E-state index contributed by atoms with van der Waals surface area (Å²) in [4.78, 5) is 25.0. The third-order valence-electron chi connectivity index (χ3n) is 2.61. The van der Waals surface area contributed by atoms with Crippen molar-refractivity contribution in [2.75, 3.05) is 12.4 Å². The average molecular weight is 321 g/mol. The van der Waals surface area contributed by atoms with Crippen LogP contribution in [0.25, 0.3) is 11.3 Å². The number of nitrogens with zero attached hydrogens (tertiary/aromatic N) is 2. The number of hydrogen-bond acceptors (Lipinski definition) is 6. The fourth-order valence-electron chi connectivity index (χ4n) is 1.63. The second-order valence-electron chi connectivity index (χ2n) is 4.36. The summed E-state index contributed by atoms with van der Waals surface area (Å²) in [6.45, 7) is 2.66. The minimum absolute atomic E-state index is 0.180. The summed E-state index contributed by atoms with van der Waals surface area (Å²) >= 11 is 0.909. The van der Waals surface area contributed by atoms with Crippen molar-refractivity contribution in [3.05, 3.63) is 34.6 Å². The first-order valence-corrected chi connectivity index (χ1v) is 7.63. The first-order chi connectivity index (χ1) is 10.6. The molecule has 116 valence electrons. The molecule has 0 radical (unpaired) electrons. The van der Waals surface area contributed by atoms with Crippen LogP contribution in [-0.4, -0.2) is 38.6 Å². The predicted octanol–water partition coefficient (Wildman–Crippen LogP) is 1.80. The third-order valence-corrected chi connectivity index (χ3v) is 3.46. The molecule has 0 saturated heterocycles.